The van der Waals surface area contributed by atoms with Gasteiger partial charge in [0.05, 0.1) is 0 Å². The van der Waals surface area contributed by atoms with E-state index >= 15 is 0 Å². The predicted octanol–water partition coefficient (Wildman–Crippen LogP) is 1.44. The van der Waals surface area contributed by atoms with Gasteiger partial charge in [-0.05, 0) is 18.4 Å². The van der Waals surface area contributed by atoms with Crippen LogP contribution in [0.15, 0.2) is 10.9 Å². The van der Waals surface area contributed by atoms with E-state index in [0.717, 1.165) is 30.0 Å². The fraction of sp³-hybridized carbons (Fsp3) is 0.615. The molecular formula is C13H21N3O. The summed E-state index contributed by atoms with van der Waals surface area (Å²) < 4.78 is 1.84. The van der Waals surface area contributed by atoms with Gasteiger partial charge in [-0.15, -0.1) is 0 Å². The SMILES string of the molecule is CC(C)c1cc(=O)n2c(c1C(C)N)N(C)CC2. The smallest absolute Gasteiger partial charge is 0.252 e. The van der Waals surface area contributed by atoms with Crippen molar-refractivity contribution < 1.29 is 0 Å². The molecule has 4 nitrogen and oxygen atoms in total. The van der Waals surface area contributed by atoms with Gasteiger partial charge in [-0.1, -0.05) is 13.8 Å². The lowest BCUT2D eigenvalue weighted by Gasteiger charge is -2.23. The maximum atomic E-state index is 12.1. The Hall–Kier alpha value is -1.29. The van der Waals surface area contributed by atoms with E-state index in [0.29, 0.717) is 5.92 Å². The quantitative estimate of drug-likeness (QED) is 0.844. The Morgan fingerprint density at radius 2 is 1.94 bits per heavy atom. The second kappa shape index (κ2) is 4.18. The molecule has 0 amide bonds. The van der Waals surface area contributed by atoms with Crippen LogP contribution in [0.2, 0.25) is 0 Å². The number of nitrogens with two attached hydrogens (primary N) is 1. The van der Waals surface area contributed by atoms with Crippen LogP contribution in [0.3, 0.4) is 0 Å². The maximum absolute atomic E-state index is 12.1. The Labute approximate surface area is 102 Å². The predicted molar refractivity (Wildman–Crippen MR) is 70.7 cm³/mol. The zero-order chi connectivity index (χ0) is 12.7. The standard InChI is InChI=1S/C13H21N3O/c1-8(2)10-7-11(17)16-6-5-15(4)13(16)12(10)9(3)14/h7-9H,5-6,14H2,1-4H3. The van der Waals surface area contributed by atoms with Crippen molar-refractivity contribution in [2.75, 3.05) is 18.5 Å². The lowest BCUT2D eigenvalue weighted by atomic mass is 9.94. The molecular weight excluding hydrogens is 214 g/mol. The topological polar surface area (TPSA) is 51.3 Å². The van der Waals surface area contributed by atoms with Crippen LogP contribution in [0.5, 0.6) is 0 Å². The van der Waals surface area contributed by atoms with Gasteiger partial charge in [-0.2, -0.15) is 0 Å². The van der Waals surface area contributed by atoms with Gasteiger partial charge in [-0.3, -0.25) is 9.36 Å². The summed E-state index contributed by atoms with van der Waals surface area (Å²) in [6.45, 7) is 7.84. The number of pyridine rings is 1. The Bertz CT molecular complexity index is 488. The average Bonchev–Trinajstić information content (AvgIpc) is 2.60. The largest absolute Gasteiger partial charge is 0.359 e. The van der Waals surface area contributed by atoms with Gasteiger partial charge < -0.3 is 10.6 Å². The van der Waals surface area contributed by atoms with Crippen molar-refractivity contribution in [1.82, 2.24) is 4.57 Å². The average molecular weight is 235 g/mol. The molecule has 1 aliphatic heterocycles. The third kappa shape index (κ3) is 1.86. The van der Waals surface area contributed by atoms with Crippen LogP contribution in [0.25, 0.3) is 0 Å². The maximum Gasteiger partial charge on any atom is 0.252 e. The highest BCUT2D eigenvalue weighted by molar-refractivity contribution is 5.55. The highest BCUT2D eigenvalue weighted by Crippen LogP contribution is 2.33. The molecule has 0 saturated carbocycles. The van der Waals surface area contributed by atoms with Crippen LogP contribution in [0.4, 0.5) is 5.82 Å². The first-order valence-corrected chi connectivity index (χ1v) is 6.17. The summed E-state index contributed by atoms with van der Waals surface area (Å²) in [7, 11) is 2.02. The van der Waals surface area contributed by atoms with Crippen molar-refractivity contribution in [2.24, 2.45) is 5.73 Å². The Morgan fingerprint density at radius 1 is 1.29 bits per heavy atom. The second-order valence-electron chi connectivity index (χ2n) is 5.19. The van der Waals surface area contributed by atoms with Crippen LogP contribution in [0.1, 0.15) is 43.9 Å². The number of aromatic nitrogens is 1. The summed E-state index contributed by atoms with van der Waals surface area (Å²) >= 11 is 0. The monoisotopic (exact) mass is 235 g/mol. The van der Waals surface area contributed by atoms with Crippen LogP contribution >= 0.6 is 0 Å². The fourth-order valence-electron chi connectivity index (χ4n) is 2.60. The summed E-state index contributed by atoms with van der Waals surface area (Å²) in [5.41, 5.74) is 8.40. The molecule has 0 fully saturated rings. The number of likely N-dealkylation sites (N-methyl/N-ethyl adjacent to an activating group) is 1. The second-order valence-corrected chi connectivity index (χ2v) is 5.19. The molecule has 1 aromatic heterocycles. The zero-order valence-electron chi connectivity index (χ0n) is 11.0. The summed E-state index contributed by atoms with van der Waals surface area (Å²) in [5.74, 6) is 1.33. The summed E-state index contributed by atoms with van der Waals surface area (Å²) in [6, 6.07) is 1.71. The normalized spacial score (nSPS) is 16.5. The molecule has 94 valence electrons. The number of rotatable bonds is 2. The molecule has 0 bridgehead atoms. The third-order valence-corrected chi connectivity index (χ3v) is 3.45. The van der Waals surface area contributed by atoms with Crippen molar-refractivity contribution in [3.8, 4) is 0 Å². The van der Waals surface area contributed by atoms with Gasteiger partial charge in [0.2, 0.25) is 0 Å². The number of fused-ring (bicyclic) bond motifs is 1. The first kappa shape index (κ1) is 12.2. The molecule has 0 saturated heterocycles. The fourth-order valence-corrected chi connectivity index (χ4v) is 2.60. The van der Waals surface area contributed by atoms with Crippen molar-refractivity contribution in [3.05, 3.63) is 27.5 Å². The molecule has 1 aromatic rings. The van der Waals surface area contributed by atoms with E-state index < -0.39 is 0 Å². The minimum atomic E-state index is -0.0465. The van der Waals surface area contributed by atoms with E-state index in [1.54, 1.807) is 6.07 Å². The van der Waals surface area contributed by atoms with Gasteiger partial charge in [0.15, 0.2) is 0 Å². The summed E-state index contributed by atoms with van der Waals surface area (Å²) in [5, 5.41) is 0. The van der Waals surface area contributed by atoms with Gasteiger partial charge >= 0.3 is 0 Å². The minimum Gasteiger partial charge on any atom is -0.359 e. The molecule has 4 heteroatoms. The van der Waals surface area contributed by atoms with Crippen LogP contribution in [0, 0.1) is 0 Å². The molecule has 17 heavy (non-hydrogen) atoms. The van der Waals surface area contributed by atoms with E-state index in [9.17, 15) is 4.79 Å². The Morgan fingerprint density at radius 3 is 2.47 bits per heavy atom. The number of nitrogens with zero attached hydrogens (tertiary/aromatic N) is 2. The van der Waals surface area contributed by atoms with E-state index in [1.165, 1.54) is 0 Å². The first-order chi connectivity index (χ1) is 7.93. The number of anilines is 1. The third-order valence-electron chi connectivity index (χ3n) is 3.45. The molecule has 2 heterocycles. The minimum absolute atomic E-state index is 0.0465. The lowest BCUT2D eigenvalue weighted by Crippen LogP contribution is -2.25. The van der Waals surface area contributed by atoms with Crippen LogP contribution < -0.4 is 16.2 Å². The molecule has 1 atom stereocenters. The summed E-state index contributed by atoms with van der Waals surface area (Å²) in [4.78, 5) is 14.2. The Kier molecular flexibility index (Phi) is 3.00. The van der Waals surface area contributed by atoms with E-state index in [2.05, 4.69) is 18.7 Å². The van der Waals surface area contributed by atoms with Gasteiger partial charge in [-0.25, -0.2) is 0 Å². The number of hydrogen-bond donors (Lipinski definition) is 1. The van der Waals surface area contributed by atoms with Crippen LogP contribution in [-0.4, -0.2) is 18.2 Å². The number of hydrogen-bond acceptors (Lipinski definition) is 3. The van der Waals surface area contributed by atoms with Crippen molar-refractivity contribution >= 4 is 5.82 Å². The molecule has 2 N–H and O–H groups in total. The molecule has 0 aromatic carbocycles. The van der Waals surface area contributed by atoms with E-state index in [1.807, 2.05) is 18.5 Å². The highest BCUT2D eigenvalue weighted by Gasteiger charge is 2.25. The lowest BCUT2D eigenvalue weighted by molar-refractivity contribution is 0.719. The van der Waals surface area contributed by atoms with Crippen molar-refractivity contribution in [2.45, 2.75) is 39.3 Å². The van der Waals surface area contributed by atoms with E-state index in [-0.39, 0.29) is 11.6 Å². The molecule has 1 aliphatic rings. The molecule has 2 rings (SSSR count). The van der Waals surface area contributed by atoms with Gasteiger partial charge in [0.1, 0.15) is 5.82 Å². The van der Waals surface area contributed by atoms with Gasteiger partial charge in [0.25, 0.3) is 5.56 Å². The van der Waals surface area contributed by atoms with Crippen LogP contribution in [-0.2, 0) is 6.54 Å². The molecule has 0 radical (unpaired) electrons. The Balaban J connectivity index is 2.77. The van der Waals surface area contributed by atoms with Gasteiger partial charge in [0, 0.05) is 37.8 Å². The molecule has 0 spiro atoms. The summed E-state index contributed by atoms with van der Waals surface area (Å²) in [6.07, 6.45) is 0. The zero-order valence-corrected chi connectivity index (χ0v) is 11.0. The molecule has 1 unspecified atom stereocenters. The van der Waals surface area contributed by atoms with E-state index in [4.69, 9.17) is 5.73 Å². The molecule has 0 aliphatic carbocycles. The van der Waals surface area contributed by atoms with Crippen molar-refractivity contribution in [1.29, 1.82) is 0 Å². The highest BCUT2D eigenvalue weighted by atomic mass is 16.1. The van der Waals surface area contributed by atoms with Crippen molar-refractivity contribution in [3.63, 3.8) is 0 Å². The first-order valence-electron chi connectivity index (χ1n) is 6.17.